The number of ether oxygens (including phenoxy) is 1. The molecule has 0 aliphatic heterocycles. The molecule has 146 valence electrons. The van der Waals surface area contributed by atoms with Gasteiger partial charge in [0, 0.05) is 28.7 Å². The van der Waals surface area contributed by atoms with E-state index in [0.717, 1.165) is 22.0 Å². The highest BCUT2D eigenvalue weighted by molar-refractivity contribution is 6.31. The van der Waals surface area contributed by atoms with Gasteiger partial charge in [0.2, 0.25) is 5.91 Å². The zero-order valence-corrected chi connectivity index (χ0v) is 16.5. The predicted molar refractivity (Wildman–Crippen MR) is 110 cm³/mol. The number of nitrogens with one attached hydrogen (secondary N) is 2. The lowest BCUT2D eigenvalue weighted by Crippen LogP contribution is -2.35. The fraction of sp³-hybridized carbons (Fsp3) is 0.273. The van der Waals surface area contributed by atoms with E-state index >= 15 is 0 Å². The first kappa shape index (κ1) is 20.0. The molecule has 0 bridgehead atoms. The Morgan fingerprint density at radius 3 is 2.71 bits per heavy atom. The van der Waals surface area contributed by atoms with Crippen molar-refractivity contribution in [2.75, 3.05) is 13.2 Å². The summed E-state index contributed by atoms with van der Waals surface area (Å²) in [5.74, 6) is -0.861. The second-order valence-electron chi connectivity index (χ2n) is 6.62. The summed E-state index contributed by atoms with van der Waals surface area (Å²) < 4.78 is 5.18. The first-order chi connectivity index (χ1) is 13.6. The molecule has 0 spiro atoms. The number of fused-ring (bicyclic) bond motifs is 1. The second-order valence-corrected chi connectivity index (χ2v) is 7.06. The Balaban J connectivity index is 1.62. The van der Waals surface area contributed by atoms with Crippen molar-refractivity contribution in [2.24, 2.45) is 5.92 Å². The monoisotopic (exact) mass is 398 g/mol. The molecule has 1 amide bonds. The maximum Gasteiger partial charge on any atom is 0.311 e. The van der Waals surface area contributed by atoms with Crippen LogP contribution < -0.4 is 5.32 Å². The molecule has 28 heavy (non-hydrogen) atoms. The van der Waals surface area contributed by atoms with Crippen LogP contribution in [0.1, 0.15) is 18.1 Å². The van der Waals surface area contributed by atoms with Gasteiger partial charge in [0.15, 0.2) is 0 Å². The predicted octanol–water partition coefficient (Wildman–Crippen LogP) is 3.90. The molecule has 1 unspecified atom stereocenters. The highest BCUT2D eigenvalue weighted by atomic mass is 35.5. The molecule has 2 aromatic carbocycles. The van der Waals surface area contributed by atoms with E-state index in [4.69, 9.17) is 16.3 Å². The van der Waals surface area contributed by atoms with E-state index < -0.39 is 5.92 Å². The lowest BCUT2D eigenvalue weighted by molar-refractivity contribution is -0.147. The molecule has 5 nitrogen and oxygen atoms in total. The molecule has 0 aliphatic carbocycles. The summed E-state index contributed by atoms with van der Waals surface area (Å²) in [4.78, 5) is 27.9. The molecule has 0 saturated heterocycles. The zero-order chi connectivity index (χ0) is 19.9. The molecule has 2 N–H and O–H groups in total. The number of rotatable bonds is 8. The van der Waals surface area contributed by atoms with E-state index in [1.165, 1.54) is 0 Å². The minimum Gasteiger partial charge on any atom is -0.466 e. The van der Waals surface area contributed by atoms with Gasteiger partial charge in [-0.2, -0.15) is 0 Å². The quantitative estimate of drug-likeness (QED) is 0.565. The van der Waals surface area contributed by atoms with Crippen LogP contribution in [-0.2, 0) is 27.2 Å². The Hall–Kier alpha value is -2.79. The SMILES string of the molecule is CCOC(=O)C(CNC(=O)Cc1c[nH]c2cc(Cl)ccc12)Cc1ccccc1. The number of amides is 1. The maximum atomic E-state index is 12.5. The molecular weight excluding hydrogens is 376 g/mol. The summed E-state index contributed by atoms with van der Waals surface area (Å²) in [6.45, 7) is 2.33. The van der Waals surface area contributed by atoms with Gasteiger partial charge in [0.25, 0.3) is 0 Å². The summed E-state index contributed by atoms with van der Waals surface area (Å²) >= 11 is 6.00. The van der Waals surface area contributed by atoms with Gasteiger partial charge < -0.3 is 15.0 Å². The van der Waals surface area contributed by atoms with Crippen LogP contribution in [0.3, 0.4) is 0 Å². The number of carbonyl (C=O) groups excluding carboxylic acids is 2. The van der Waals surface area contributed by atoms with Crippen LogP contribution in [-0.4, -0.2) is 30.0 Å². The third-order valence-corrected chi connectivity index (χ3v) is 4.81. The van der Waals surface area contributed by atoms with Crippen LogP contribution in [0.2, 0.25) is 5.02 Å². The number of esters is 1. The molecule has 0 saturated carbocycles. The zero-order valence-electron chi connectivity index (χ0n) is 15.7. The minimum absolute atomic E-state index is 0.141. The summed E-state index contributed by atoms with van der Waals surface area (Å²) in [5, 5.41) is 4.48. The minimum atomic E-state index is -0.423. The van der Waals surface area contributed by atoms with Gasteiger partial charge in [-0.05, 0) is 36.6 Å². The number of halogens is 1. The van der Waals surface area contributed by atoms with Crippen molar-refractivity contribution in [3.63, 3.8) is 0 Å². The third-order valence-electron chi connectivity index (χ3n) is 4.57. The molecule has 1 aromatic heterocycles. The van der Waals surface area contributed by atoms with Crippen molar-refractivity contribution in [3.8, 4) is 0 Å². The van der Waals surface area contributed by atoms with Crippen molar-refractivity contribution in [2.45, 2.75) is 19.8 Å². The Morgan fingerprint density at radius 2 is 1.96 bits per heavy atom. The average Bonchev–Trinajstić information content (AvgIpc) is 3.07. The van der Waals surface area contributed by atoms with E-state index in [9.17, 15) is 9.59 Å². The number of aromatic nitrogens is 1. The lowest BCUT2D eigenvalue weighted by Gasteiger charge is -2.16. The van der Waals surface area contributed by atoms with Crippen LogP contribution >= 0.6 is 11.6 Å². The van der Waals surface area contributed by atoms with Crippen molar-refractivity contribution >= 4 is 34.4 Å². The fourth-order valence-corrected chi connectivity index (χ4v) is 3.35. The van der Waals surface area contributed by atoms with Crippen LogP contribution in [0.15, 0.2) is 54.7 Å². The molecule has 3 aromatic rings. The van der Waals surface area contributed by atoms with Gasteiger partial charge in [-0.3, -0.25) is 9.59 Å². The van der Waals surface area contributed by atoms with Crippen LogP contribution in [0.25, 0.3) is 10.9 Å². The largest absolute Gasteiger partial charge is 0.466 e. The molecule has 1 heterocycles. The number of benzene rings is 2. The third kappa shape index (κ3) is 5.14. The van der Waals surface area contributed by atoms with Gasteiger partial charge in [-0.25, -0.2) is 0 Å². The summed E-state index contributed by atoms with van der Waals surface area (Å²) in [6, 6.07) is 15.2. The Kier molecular flexibility index (Phi) is 6.71. The van der Waals surface area contributed by atoms with Crippen molar-refractivity contribution in [1.29, 1.82) is 0 Å². The smallest absolute Gasteiger partial charge is 0.311 e. The molecule has 0 radical (unpaired) electrons. The second kappa shape index (κ2) is 9.42. The molecule has 0 fully saturated rings. The number of aromatic amines is 1. The average molecular weight is 399 g/mol. The topological polar surface area (TPSA) is 71.2 Å². The van der Waals surface area contributed by atoms with E-state index in [0.29, 0.717) is 18.1 Å². The Morgan fingerprint density at radius 1 is 1.18 bits per heavy atom. The molecule has 1 atom stereocenters. The van der Waals surface area contributed by atoms with Crippen LogP contribution in [0, 0.1) is 5.92 Å². The van der Waals surface area contributed by atoms with E-state index in [1.807, 2.05) is 48.7 Å². The van der Waals surface area contributed by atoms with E-state index in [2.05, 4.69) is 10.3 Å². The Bertz CT molecular complexity index is 953. The van der Waals surface area contributed by atoms with E-state index in [-0.39, 0.29) is 24.8 Å². The van der Waals surface area contributed by atoms with Gasteiger partial charge in [-0.15, -0.1) is 0 Å². The van der Waals surface area contributed by atoms with Crippen LogP contribution in [0.5, 0.6) is 0 Å². The highest BCUT2D eigenvalue weighted by Crippen LogP contribution is 2.22. The van der Waals surface area contributed by atoms with E-state index in [1.54, 1.807) is 13.0 Å². The van der Waals surface area contributed by atoms with Gasteiger partial charge in [0.1, 0.15) is 0 Å². The van der Waals surface area contributed by atoms with Crippen molar-refractivity contribution in [3.05, 3.63) is 70.9 Å². The summed E-state index contributed by atoms with van der Waals surface area (Å²) in [5.41, 5.74) is 2.81. The number of H-pyrrole nitrogens is 1. The first-order valence-corrected chi connectivity index (χ1v) is 9.67. The molecule has 0 aliphatic rings. The van der Waals surface area contributed by atoms with Gasteiger partial charge >= 0.3 is 5.97 Å². The molecular formula is C22H23ClN2O3. The number of hydrogen-bond donors (Lipinski definition) is 2. The highest BCUT2D eigenvalue weighted by Gasteiger charge is 2.21. The first-order valence-electron chi connectivity index (χ1n) is 9.29. The summed E-state index contributed by atoms with van der Waals surface area (Å²) in [7, 11) is 0. The Labute approximate surface area is 169 Å². The van der Waals surface area contributed by atoms with Crippen molar-refractivity contribution < 1.29 is 14.3 Å². The fourth-order valence-electron chi connectivity index (χ4n) is 3.17. The lowest BCUT2D eigenvalue weighted by atomic mass is 9.99. The number of hydrogen-bond acceptors (Lipinski definition) is 3. The summed E-state index contributed by atoms with van der Waals surface area (Å²) in [6.07, 6.45) is 2.56. The van der Waals surface area contributed by atoms with Gasteiger partial charge in [-0.1, -0.05) is 48.0 Å². The standard InChI is InChI=1S/C22H23ClN2O3/c1-2-28-22(27)17(10-15-6-4-3-5-7-15)14-25-21(26)11-16-13-24-20-12-18(23)8-9-19(16)20/h3-9,12-13,17,24H,2,10-11,14H2,1H3,(H,25,26). The van der Waals surface area contributed by atoms with Crippen LogP contribution in [0.4, 0.5) is 0 Å². The molecule has 6 heteroatoms. The molecule has 3 rings (SSSR count). The maximum absolute atomic E-state index is 12.5. The van der Waals surface area contributed by atoms with Crippen molar-refractivity contribution in [1.82, 2.24) is 10.3 Å². The number of carbonyl (C=O) groups is 2. The van der Waals surface area contributed by atoms with Gasteiger partial charge in [0.05, 0.1) is 18.9 Å². The normalized spacial score (nSPS) is 11.9.